The van der Waals surface area contributed by atoms with Gasteiger partial charge in [-0.3, -0.25) is 4.79 Å². The van der Waals surface area contributed by atoms with Crippen molar-refractivity contribution < 1.29 is 14.3 Å². The average molecular weight is 436 g/mol. The molecular weight excluding hydrogens is 413 g/mol. The van der Waals surface area contributed by atoms with E-state index in [4.69, 9.17) is 27.9 Å². The number of hydrogen-bond donors (Lipinski definition) is 1. The second-order valence-electron chi connectivity index (χ2n) is 6.73. The first kappa shape index (κ1) is 21.3. The molecular formula is C21H23Cl2N3O3. The maximum atomic E-state index is 12.8. The topological polar surface area (TPSA) is 61.9 Å². The fourth-order valence-corrected chi connectivity index (χ4v) is 3.71. The largest absolute Gasteiger partial charge is 0.496 e. The number of carbonyl (C=O) groups excluding carboxylic acids is 2. The van der Waals surface area contributed by atoms with Crippen LogP contribution in [0.5, 0.6) is 5.75 Å². The van der Waals surface area contributed by atoms with E-state index in [1.165, 1.54) is 0 Å². The summed E-state index contributed by atoms with van der Waals surface area (Å²) in [5.74, 6) is 0.559. The highest BCUT2D eigenvalue weighted by atomic mass is 35.5. The van der Waals surface area contributed by atoms with E-state index < -0.39 is 0 Å². The van der Waals surface area contributed by atoms with E-state index in [1.807, 2.05) is 0 Å². The van der Waals surface area contributed by atoms with E-state index >= 15 is 0 Å². The first-order chi connectivity index (χ1) is 14.0. The van der Waals surface area contributed by atoms with Crippen LogP contribution in [0.4, 0.5) is 4.79 Å². The van der Waals surface area contributed by atoms with Crippen molar-refractivity contribution in [3.8, 4) is 5.75 Å². The Kier molecular flexibility index (Phi) is 7.23. The molecule has 29 heavy (non-hydrogen) atoms. The van der Waals surface area contributed by atoms with Gasteiger partial charge in [-0.1, -0.05) is 35.3 Å². The van der Waals surface area contributed by atoms with Crippen LogP contribution in [0.1, 0.15) is 22.3 Å². The highest BCUT2D eigenvalue weighted by Gasteiger charge is 2.24. The van der Waals surface area contributed by atoms with Gasteiger partial charge in [0.05, 0.1) is 17.7 Å². The number of halogens is 2. The van der Waals surface area contributed by atoms with Gasteiger partial charge in [0.15, 0.2) is 0 Å². The summed E-state index contributed by atoms with van der Waals surface area (Å²) >= 11 is 12.2. The molecule has 0 unspecified atom stereocenters. The highest BCUT2D eigenvalue weighted by molar-refractivity contribution is 6.33. The second-order valence-corrected chi connectivity index (χ2v) is 7.57. The molecule has 154 valence electrons. The summed E-state index contributed by atoms with van der Waals surface area (Å²) in [7, 11) is 1.58. The normalized spacial score (nSPS) is 14.3. The van der Waals surface area contributed by atoms with Crippen molar-refractivity contribution in [2.45, 2.75) is 13.0 Å². The summed E-state index contributed by atoms with van der Waals surface area (Å²) in [6, 6.07) is 12.1. The van der Waals surface area contributed by atoms with E-state index in [9.17, 15) is 9.59 Å². The van der Waals surface area contributed by atoms with Gasteiger partial charge in [0.25, 0.3) is 5.91 Å². The summed E-state index contributed by atoms with van der Waals surface area (Å²) in [6.07, 6.45) is 0.699. The number of urea groups is 1. The molecule has 3 rings (SSSR count). The van der Waals surface area contributed by atoms with E-state index in [0.29, 0.717) is 60.5 Å². The smallest absolute Gasteiger partial charge is 0.317 e. The van der Waals surface area contributed by atoms with Gasteiger partial charge < -0.3 is 19.9 Å². The van der Waals surface area contributed by atoms with Gasteiger partial charge in [0.2, 0.25) is 0 Å². The molecule has 6 nitrogen and oxygen atoms in total. The lowest BCUT2D eigenvalue weighted by molar-refractivity contribution is 0.0762. The molecule has 0 radical (unpaired) electrons. The molecule has 0 spiro atoms. The Morgan fingerprint density at radius 3 is 2.52 bits per heavy atom. The number of rotatable bonds is 4. The van der Waals surface area contributed by atoms with Crippen LogP contribution in [0.2, 0.25) is 10.0 Å². The fraction of sp³-hybridized carbons (Fsp3) is 0.333. The number of ether oxygens (including phenoxy) is 1. The Bertz CT molecular complexity index is 891. The maximum absolute atomic E-state index is 12.8. The summed E-state index contributed by atoms with van der Waals surface area (Å²) in [6.45, 7) is 2.37. The van der Waals surface area contributed by atoms with Crippen LogP contribution in [0.3, 0.4) is 0 Å². The van der Waals surface area contributed by atoms with Crippen molar-refractivity contribution in [3.05, 3.63) is 63.6 Å². The quantitative estimate of drug-likeness (QED) is 0.787. The monoisotopic (exact) mass is 435 g/mol. The number of amides is 3. The minimum atomic E-state index is -0.181. The van der Waals surface area contributed by atoms with Crippen LogP contribution >= 0.6 is 23.2 Å². The zero-order valence-electron chi connectivity index (χ0n) is 16.2. The van der Waals surface area contributed by atoms with E-state index in [0.717, 1.165) is 5.56 Å². The lowest BCUT2D eigenvalue weighted by atomic mass is 10.2. The number of hydrogen-bond acceptors (Lipinski definition) is 3. The third-order valence-electron chi connectivity index (χ3n) is 4.85. The molecule has 2 aromatic rings. The Labute approximate surface area is 180 Å². The van der Waals surface area contributed by atoms with E-state index in [-0.39, 0.29) is 11.9 Å². The molecule has 1 N–H and O–H groups in total. The highest BCUT2D eigenvalue weighted by Crippen LogP contribution is 2.22. The predicted molar refractivity (Wildman–Crippen MR) is 114 cm³/mol. The molecule has 0 aromatic heterocycles. The van der Waals surface area contributed by atoms with Crippen molar-refractivity contribution in [2.24, 2.45) is 0 Å². The van der Waals surface area contributed by atoms with Crippen molar-refractivity contribution in [1.82, 2.24) is 15.1 Å². The van der Waals surface area contributed by atoms with Crippen LogP contribution in [0.25, 0.3) is 0 Å². The third kappa shape index (κ3) is 5.34. The van der Waals surface area contributed by atoms with Crippen molar-refractivity contribution in [3.63, 3.8) is 0 Å². The second kappa shape index (κ2) is 9.85. The molecule has 0 aliphatic carbocycles. The summed E-state index contributed by atoms with van der Waals surface area (Å²) < 4.78 is 5.31. The van der Waals surface area contributed by atoms with E-state index in [2.05, 4.69) is 5.32 Å². The van der Waals surface area contributed by atoms with Crippen LogP contribution in [-0.4, -0.2) is 55.0 Å². The first-order valence-corrected chi connectivity index (χ1v) is 10.1. The van der Waals surface area contributed by atoms with Gasteiger partial charge in [0, 0.05) is 43.3 Å². The maximum Gasteiger partial charge on any atom is 0.317 e. The first-order valence-electron chi connectivity index (χ1n) is 9.38. The molecule has 1 aliphatic rings. The Morgan fingerprint density at radius 1 is 1.03 bits per heavy atom. The minimum Gasteiger partial charge on any atom is -0.496 e. The van der Waals surface area contributed by atoms with Gasteiger partial charge >= 0.3 is 6.03 Å². The molecule has 2 aromatic carbocycles. The van der Waals surface area contributed by atoms with Crippen LogP contribution in [0.15, 0.2) is 42.5 Å². The van der Waals surface area contributed by atoms with Crippen LogP contribution < -0.4 is 10.1 Å². The molecule has 1 aliphatic heterocycles. The number of nitrogens with one attached hydrogen (secondary N) is 1. The zero-order valence-corrected chi connectivity index (χ0v) is 17.7. The van der Waals surface area contributed by atoms with Gasteiger partial charge in [-0.2, -0.15) is 0 Å². The number of carbonyl (C=O) groups is 2. The van der Waals surface area contributed by atoms with Gasteiger partial charge in [0.1, 0.15) is 5.75 Å². The van der Waals surface area contributed by atoms with Crippen LogP contribution in [0, 0.1) is 0 Å². The lowest BCUT2D eigenvalue weighted by Crippen LogP contribution is -2.42. The summed E-state index contributed by atoms with van der Waals surface area (Å²) in [5.41, 5.74) is 1.29. The van der Waals surface area contributed by atoms with E-state index in [1.54, 1.807) is 59.4 Å². The third-order valence-corrected chi connectivity index (χ3v) is 5.41. The summed E-state index contributed by atoms with van der Waals surface area (Å²) in [5, 5.41) is 3.93. The zero-order chi connectivity index (χ0) is 20.8. The molecule has 0 atom stereocenters. The molecule has 1 heterocycles. The minimum absolute atomic E-state index is 0.110. The van der Waals surface area contributed by atoms with Gasteiger partial charge in [-0.05, 0) is 36.8 Å². The lowest BCUT2D eigenvalue weighted by Gasteiger charge is -2.23. The van der Waals surface area contributed by atoms with Crippen molar-refractivity contribution in [2.75, 3.05) is 33.3 Å². The average Bonchev–Trinajstić information content (AvgIpc) is 2.98. The van der Waals surface area contributed by atoms with Crippen molar-refractivity contribution in [1.29, 1.82) is 0 Å². The Balaban J connectivity index is 1.58. The summed E-state index contributed by atoms with van der Waals surface area (Å²) in [4.78, 5) is 28.8. The molecule has 0 bridgehead atoms. The number of nitrogens with zero attached hydrogens (tertiary/aromatic N) is 2. The fourth-order valence-electron chi connectivity index (χ4n) is 3.30. The molecule has 0 saturated carbocycles. The molecule has 1 saturated heterocycles. The molecule has 8 heteroatoms. The van der Waals surface area contributed by atoms with Gasteiger partial charge in [-0.15, -0.1) is 0 Å². The standard InChI is InChI=1S/C21H23Cl2N3O3/c1-29-19-8-7-16(22)13-15(19)14-24-21(28)26-10-4-9-25(11-12-26)20(27)17-5-2-3-6-18(17)23/h2-3,5-8,13H,4,9-12,14H2,1H3,(H,24,28). The Hall–Kier alpha value is -2.44. The predicted octanol–water partition coefficient (Wildman–Crippen LogP) is 4.06. The molecule has 1 fully saturated rings. The number of methoxy groups -OCH3 is 1. The molecule has 3 amide bonds. The SMILES string of the molecule is COc1ccc(Cl)cc1CNC(=O)N1CCCN(C(=O)c2ccccc2Cl)CC1. The Morgan fingerprint density at radius 2 is 1.76 bits per heavy atom. The van der Waals surface area contributed by atoms with Crippen molar-refractivity contribution >= 4 is 35.1 Å². The number of benzene rings is 2. The van der Waals surface area contributed by atoms with Crippen LogP contribution in [-0.2, 0) is 6.54 Å². The van der Waals surface area contributed by atoms with Gasteiger partial charge in [-0.25, -0.2) is 4.79 Å².